The molecule has 0 amide bonds. The molecule has 1 aliphatic heterocycles. The van der Waals surface area contributed by atoms with Crippen LogP contribution >= 0.6 is 0 Å². The van der Waals surface area contributed by atoms with Gasteiger partial charge in [0.1, 0.15) is 0 Å². The van der Waals surface area contributed by atoms with Crippen LogP contribution in [0.15, 0.2) is 0 Å². The fourth-order valence-corrected chi connectivity index (χ4v) is 2.43. The molecule has 2 fully saturated rings. The first-order valence-electron chi connectivity index (χ1n) is 4.42. The van der Waals surface area contributed by atoms with Crippen LogP contribution in [0.2, 0.25) is 0 Å². The van der Waals surface area contributed by atoms with E-state index in [-0.39, 0.29) is 0 Å². The van der Waals surface area contributed by atoms with Crippen molar-refractivity contribution in [3.8, 4) is 0 Å². The van der Waals surface area contributed by atoms with Crippen molar-refractivity contribution >= 4 is 0 Å². The second kappa shape index (κ2) is 2.23. The summed E-state index contributed by atoms with van der Waals surface area (Å²) in [6, 6.07) is 0. The molecule has 10 heavy (non-hydrogen) atoms. The molecule has 1 heterocycles. The topological polar surface area (TPSA) is 9.23 Å². The van der Waals surface area contributed by atoms with E-state index in [0.29, 0.717) is 5.41 Å². The van der Waals surface area contributed by atoms with E-state index >= 15 is 0 Å². The number of ether oxygens (including phenoxy) is 1. The SMILES string of the molecule is CCC1CC2(CCOC2)C1. The smallest absolute Gasteiger partial charge is 0.0523 e. The fourth-order valence-electron chi connectivity index (χ4n) is 2.43. The minimum atomic E-state index is 0.667. The van der Waals surface area contributed by atoms with Gasteiger partial charge < -0.3 is 4.74 Å². The third-order valence-electron chi connectivity index (χ3n) is 3.21. The van der Waals surface area contributed by atoms with Crippen LogP contribution in [0, 0.1) is 11.3 Å². The lowest BCUT2D eigenvalue weighted by molar-refractivity contribution is 0.0361. The summed E-state index contributed by atoms with van der Waals surface area (Å²) in [5.41, 5.74) is 0.667. The molecule has 0 radical (unpaired) electrons. The van der Waals surface area contributed by atoms with E-state index < -0.39 is 0 Å². The molecular formula is C9H16O. The fraction of sp³-hybridized carbons (Fsp3) is 1.00. The quantitative estimate of drug-likeness (QED) is 0.542. The summed E-state index contributed by atoms with van der Waals surface area (Å²) in [7, 11) is 0. The van der Waals surface area contributed by atoms with Crippen LogP contribution in [0.1, 0.15) is 32.6 Å². The number of hydrogen-bond donors (Lipinski definition) is 0. The Morgan fingerprint density at radius 2 is 2.30 bits per heavy atom. The zero-order chi connectivity index (χ0) is 7.03. The van der Waals surface area contributed by atoms with Crippen LogP contribution in [0.3, 0.4) is 0 Å². The summed E-state index contributed by atoms with van der Waals surface area (Å²) < 4.78 is 5.40. The summed E-state index contributed by atoms with van der Waals surface area (Å²) in [5.74, 6) is 1.03. The van der Waals surface area contributed by atoms with Gasteiger partial charge in [-0.25, -0.2) is 0 Å². The van der Waals surface area contributed by atoms with Gasteiger partial charge in [-0.3, -0.25) is 0 Å². The molecule has 1 saturated heterocycles. The van der Waals surface area contributed by atoms with Crippen LogP contribution < -0.4 is 0 Å². The Labute approximate surface area is 62.8 Å². The van der Waals surface area contributed by atoms with Crippen molar-refractivity contribution < 1.29 is 4.74 Å². The van der Waals surface area contributed by atoms with Gasteiger partial charge in [-0.2, -0.15) is 0 Å². The van der Waals surface area contributed by atoms with Crippen molar-refractivity contribution in [2.24, 2.45) is 11.3 Å². The van der Waals surface area contributed by atoms with Crippen LogP contribution in [-0.2, 0) is 4.74 Å². The maximum Gasteiger partial charge on any atom is 0.0523 e. The van der Waals surface area contributed by atoms with Gasteiger partial charge in [0, 0.05) is 6.61 Å². The van der Waals surface area contributed by atoms with Crippen LogP contribution in [-0.4, -0.2) is 13.2 Å². The molecule has 1 nitrogen and oxygen atoms in total. The summed E-state index contributed by atoms with van der Waals surface area (Å²) in [6.45, 7) is 4.38. The lowest BCUT2D eigenvalue weighted by atomic mass is 9.61. The Balaban J connectivity index is 1.86. The molecule has 2 rings (SSSR count). The Morgan fingerprint density at radius 3 is 2.80 bits per heavy atom. The Hall–Kier alpha value is -0.0400. The zero-order valence-electron chi connectivity index (χ0n) is 6.73. The van der Waals surface area contributed by atoms with E-state index in [1.165, 1.54) is 25.7 Å². The van der Waals surface area contributed by atoms with Crippen molar-refractivity contribution in [3.05, 3.63) is 0 Å². The van der Waals surface area contributed by atoms with Crippen molar-refractivity contribution in [1.29, 1.82) is 0 Å². The minimum Gasteiger partial charge on any atom is -0.381 e. The summed E-state index contributed by atoms with van der Waals surface area (Å²) in [4.78, 5) is 0. The van der Waals surface area contributed by atoms with Gasteiger partial charge in [-0.1, -0.05) is 13.3 Å². The van der Waals surface area contributed by atoms with Crippen molar-refractivity contribution in [3.63, 3.8) is 0 Å². The molecule has 2 aliphatic rings. The molecule has 1 saturated carbocycles. The van der Waals surface area contributed by atoms with Gasteiger partial charge >= 0.3 is 0 Å². The molecule has 1 heteroatoms. The lowest BCUT2D eigenvalue weighted by Crippen LogP contribution is -2.37. The highest BCUT2D eigenvalue weighted by molar-refractivity contribution is 4.95. The summed E-state index contributed by atoms with van der Waals surface area (Å²) in [5, 5.41) is 0. The van der Waals surface area contributed by atoms with Gasteiger partial charge in [0.05, 0.1) is 6.61 Å². The first-order chi connectivity index (χ1) is 4.85. The second-order valence-electron chi connectivity index (χ2n) is 3.99. The zero-order valence-corrected chi connectivity index (χ0v) is 6.73. The minimum absolute atomic E-state index is 0.667. The Morgan fingerprint density at radius 1 is 1.50 bits per heavy atom. The average Bonchev–Trinajstić information content (AvgIpc) is 2.30. The van der Waals surface area contributed by atoms with E-state index in [4.69, 9.17) is 4.74 Å². The molecule has 1 spiro atoms. The molecule has 0 atom stereocenters. The molecule has 0 aromatic heterocycles. The molecule has 0 aromatic carbocycles. The van der Waals surface area contributed by atoms with Crippen LogP contribution in [0.25, 0.3) is 0 Å². The highest BCUT2D eigenvalue weighted by Crippen LogP contribution is 2.51. The average molecular weight is 140 g/mol. The van der Waals surface area contributed by atoms with Gasteiger partial charge in [0.25, 0.3) is 0 Å². The van der Waals surface area contributed by atoms with Crippen LogP contribution in [0.4, 0.5) is 0 Å². The van der Waals surface area contributed by atoms with E-state index in [2.05, 4.69) is 6.92 Å². The third-order valence-corrected chi connectivity index (χ3v) is 3.21. The van der Waals surface area contributed by atoms with Crippen LogP contribution in [0.5, 0.6) is 0 Å². The maximum atomic E-state index is 5.40. The Bertz CT molecular complexity index is 117. The standard InChI is InChI=1S/C9H16O/c1-2-8-5-9(6-8)3-4-10-7-9/h8H,2-7H2,1H3. The molecule has 0 unspecified atom stereocenters. The van der Waals surface area contributed by atoms with Crippen molar-refractivity contribution in [2.75, 3.05) is 13.2 Å². The predicted molar refractivity (Wildman–Crippen MR) is 40.9 cm³/mol. The monoisotopic (exact) mass is 140 g/mol. The molecule has 1 aliphatic carbocycles. The first-order valence-corrected chi connectivity index (χ1v) is 4.42. The molecule has 0 N–H and O–H groups in total. The van der Waals surface area contributed by atoms with E-state index in [1.54, 1.807) is 0 Å². The van der Waals surface area contributed by atoms with Gasteiger partial charge in [-0.05, 0) is 30.6 Å². The van der Waals surface area contributed by atoms with Crippen molar-refractivity contribution in [1.82, 2.24) is 0 Å². The van der Waals surface area contributed by atoms with E-state index in [9.17, 15) is 0 Å². The molecule has 58 valence electrons. The molecular weight excluding hydrogens is 124 g/mol. The van der Waals surface area contributed by atoms with E-state index in [0.717, 1.165) is 19.1 Å². The molecule has 0 bridgehead atoms. The Kier molecular flexibility index (Phi) is 1.48. The highest BCUT2D eigenvalue weighted by Gasteiger charge is 2.45. The van der Waals surface area contributed by atoms with E-state index in [1.807, 2.05) is 0 Å². The van der Waals surface area contributed by atoms with Gasteiger partial charge in [-0.15, -0.1) is 0 Å². The third kappa shape index (κ3) is 0.878. The number of rotatable bonds is 1. The number of hydrogen-bond acceptors (Lipinski definition) is 1. The summed E-state index contributed by atoms with van der Waals surface area (Å²) >= 11 is 0. The molecule has 0 aromatic rings. The normalized spacial score (nSPS) is 45.9. The first kappa shape index (κ1) is 6.66. The second-order valence-corrected chi connectivity index (χ2v) is 3.99. The largest absolute Gasteiger partial charge is 0.381 e. The highest BCUT2D eigenvalue weighted by atomic mass is 16.5. The lowest BCUT2D eigenvalue weighted by Gasteiger charge is -2.44. The van der Waals surface area contributed by atoms with Crippen molar-refractivity contribution in [2.45, 2.75) is 32.6 Å². The van der Waals surface area contributed by atoms with Gasteiger partial charge in [0.2, 0.25) is 0 Å². The summed E-state index contributed by atoms with van der Waals surface area (Å²) in [6.07, 6.45) is 5.61. The van der Waals surface area contributed by atoms with Gasteiger partial charge in [0.15, 0.2) is 0 Å². The maximum absolute atomic E-state index is 5.40. The predicted octanol–water partition coefficient (Wildman–Crippen LogP) is 2.21.